The Balaban J connectivity index is 2.14. The van der Waals surface area contributed by atoms with Crippen LogP contribution in [0.3, 0.4) is 0 Å². The van der Waals surface area contributed by atoms with Crippen molar-refractivity contribution >= 4 is 28.9 Å². The van der Waals surface area contributed by atoms with Gasteiger partial charge in [-0.25, -0.2) is 0 Å². The van der Waals surface area contributed by atoms with E-state index in [-0.39, 0.29) is 0 Å². The predicted octanol–water partition coefficient (Wildman–Crippen LogP) is 3.89. The van der Waals surface area contributed by atoms with Gasteiger partial charge in [0.25, 0.3) is 0 Å². The van der Waals surface area contributed by atoms with E-state index in [0.717, 1.165) is 37.4 Å². The molecule has 0 unspecified atom stereocenters. The van der Waals surface area contributed by atoms with E-state index in [2.05, 4.69) is 53.4 Å². The number of rotatable bonds is 4. The monoisotopic (exact) mass is 309 g/mol. The topological polar surface area (TPSA) is 12.5 Å². The summed E-state index contributed by atoms with van der Waals surface area (Å²) in [6.45, 7) is 3.30. The number of ether oxygens (including phenoxy) is 1. The summed E-state index contributed by atoms with van der Waals surface area (Å²) in [6.07, 6.45) is 0. The lowest BCUT2D eigenvalue weighted by molar-refractivity contribution is 0.0641. The molecule has 0 saturated carbocycles. The van der Waals surface area contributed by atoms with Gasteiger partial charge in [-0.2, -0.15) is 0 Å². The Labute approximate surface area is 137 Å². The minimum absolute atomic E-state index is 0.760. The van der Waals surface area contributed by atoms with Gasteiger partial charge < -0.3 is 9.64 Å². The first kappa shape index (κ1) is 14.9. The average Bonchev–Trinajstić information content (AvgIpc) is 2.62. The van der Waals surface area contributed by atoms with Crippen molar-refractivity contribution in [2.24, 2.45) is 0 Å². The van der Waals surface area contributed by atoms with Gasteiger partial charge in [-0.3, -0.25) is 0 Å². The summed E-state index contributed by atoms with van der Waals surface area (Å²) >= 11 is 5.36. The second-order valence-electron chi connectivity index (χ2n) is 5.21. The molecule has 1 fully saturated rings. The molecule has 0 radical (unpaired) electrons. The predicted molar refractivity (Wildman–Crippen MR) is 95.7 cm³/mol. The molecule has 1 saturated heterocycles. The van der Waals surface area contributed by atoms with Crippen molar-refractivity contribution in [3.05, 3.63) is 71.8 Å². The molecule has 1 aliphatic heterocycles. The largest absolute Gasteiger partial charge is 0.378 e. The molecule has 0 amide bonds. The van der Waals surface area contributed by atoms with Gasteiger partial charge in [0.05, 0.1) is 18.9 Å². The zero-order chi connectivity index (χ0) is 15.2. The molecule has 22 heavy (non-hydrogen) atoms. The van der Waals surface area contributed by atoms with Crippen LogP contribution in [0.2, 0.25) is 0 Å². The van der Waals surface area contributed by atoms with Crippen molar-refractivity contribution in [1.29, 1.82) is 0 Å². The van der Waals surface area contributed by atoms with Crippen molar-refractivity contribution in [3.63, 3.8) is 0 Å². The van der Waals surface area contributed by atoms with Crippen LogP contribution in [0, 0.1) is 0 Å². The van der Waals surface area contributed by atoms with Crippen LogP contribution in [-0.2, 0) is 4.74 Å². The van der Waals surface area contributed by atoms with Crippen molar-refractivity contribution in [3.8, 4) is 0 Å². The third-order valence-corrected chi connectivity index (χ3v) is 4.07. The van der Waals surface area contributed by atoms with Crippen LogP contribution < -0.4 is 0 Å². The summed E-state index contributed by atoms with van der Waals surface area (Å²) in [7, 11) is 0. The summed E-state index contributed by atoms with van der Waals surface area (Å²) in [4.78, 5) is 2.38. The average molecular weight is 309 g/mol. The maximum absolute atomic E-state index is 5.50. The molecule has 0 N–H and O–H groups in total. The normalized spacial score (nSPS) is 16.1. The summed E-state index contributed by atoms with van der Waals surface area (Å²) in [5.74, 6) is 0. The summed E-state index contributed by atoms with van der Waals surface area (Å²) in [5, 5.41) is 1.80. The number of allylic oxidation sites excluding steroid dienone is 1. The fraction of sp³-hybridized carbons (Fsp3) is 0.211. The molecular weight excluding hydrogens is 290 g/mol. The van der Waals surface area contributed by atoms with Gasteiger partial charge in [0.2, 0.25) is 0 Å². The van der Waals surface area contributed by atoms with Crippen molar-refractivity contribution in [2.45, 2.75) is 0 Å². The molecule has 0 bridgehead atoms. The molecule has 2 aromatic rings. The standard InChI is InChI=1S/C19H19NOS/c22-15-18(16-7-3-1-4-8-16)19(17-9-5-2-6-10-17)20-11-13-21-14-12-20/h1-10,15H,11-14H2/b19-18+. The highest BCUT2D eigenvalue weighted by atomic mass is 32.1. The molecule has 0 spiro atoms. The molecule has 3 heteroatoms. The fourth-order valence-corrected chi connectivity index (χ4v) is 3.02. The van der Waals surface area contributed by atoms with E-state index in [1.165, 1.54) is 11.3 Å². The minimum Gasteiger partial charge on any atom is -0.378 e. The fourth-order valence-electron chi connectivity index (χ4n) is 2.77. The first-order chi connectivity index (χ1) is 10.9. The Morgan fingerprint density at radius 3 is 1.95 bits per heavy atom. The van der Waals surface area contributed by atoms with Gasteiger partial charge in [-0.05, 0) is 11.1 Å². The Hall–Kier alpha value is -1.97. The zero-order valence-corrected chi connectivity index (χ0v) is 13.3. The molecule has 1 aliphatic rings. The number of nitrogens with zero attached hydrogens (tertiary/aromatic N) is 1. The lowest BCUT2D eigenvalue weighted by Crippen LogP contribution is -2.35. The highest BCUT2D eigenvalue weighted by Crippen LogP contribution is 2.29. The Morgan fingerprint density at radius 1 is 0.864 bits per heavy atom. The SMILES string of the molecule is S=C/C(=C(/c1ccccc1)N1CCOCC1)c1ccccc1. The summed E-state index contributed by atoms with van der Waals surface area (Å²) < 4.78 is 5.50. The van der Waals surface area contributed by atoms with Gasteiger partial charge in [0, 0.05) is 24.0 Å². The lowest BCUT2D eigenvalue weighted by atomic mass is 9.99. The van der Waals surface area contributed by atoms with Crippen LogP contribution in [0.15, 0.2) is 60.7 Å². The van der Waals surface area contributed by atoms with E-state index in [4.69, 9.17) is 17.0 Å². The van der Waals surface area contributed by atoms with Crippen LogP contribution in [0.25, 0.3) is 11.3 Å². The number of hydrogen-bond donors (Lipinski definition) is 0. The van der Waals surface area contributed by atoms with Crippen LogP contribution in [0.4, 0.5) is 0 Å². The number of benzene rings is 2. The molecule has 0 aliphatic carbocycles. The molecule has 0 atom stereocenters. The Bertz CT molecular complexity index is 646. The smallest absolute Gasteiger partial charge is 0.0642 e. The van der Waals surface area contributed by atoms with Crippen LogP contribution in [-0.4, -0.2) is 36.6 Å². The van der Waals surface area contributed by atoms with E-state index in [9.17, 15) is 0 Å². The highest BCUT2D eigenvalue weighted by Gasteiger charge is 2.19. The summed E-state index contributed by atoms with van der Waals surface area (Å²) in [6, 6.07) is 20.8. The molecule has 1 heterocycles. The molecule has 3 rings (SSSR count). The van der Waals surface area contributed by atoms with E-state index >= 15 is 0 Å². The Morgan fingerprint density at radius 2 is 1.41 bits per heavy atom. The third kappa shape index (κ3) is 3.26. The van der Waals surface area contributed by atoms with E-state index in [0.29, 0.717) is 0 Å². The minimum atomic E-state index is 0.760. The Kier molecular flexibility index (Phi) is 4.99. The summed E-state index contributed by atoms with van der Waals surface area (Å²) in [5.41, 5.74) is 4.65. The van der Waals surface area contributed by atoms with Gasteiger partial charge in [-0.15, -0.1) is 0 Å². The third-order valence-electron chi connectivity index (χ3n) is 3.83. The van der Waals surface area contributed by atoms with Crippen LogP contribution in [0.1, 0.15) is 11.1 Å². The van der Waals surface area contributed by atoms with Gasteiger partial charge in [0.1, 0.15) is 0 Å². The number of thiocarbonyl (C=S) groups is 1. The van der Waals surface area contributed by atoms with Gasteiger partial charge in [0.15, 0.2) is 0 Å². The lowest BCUT2D eigenvalue weighted by Gasteiger charge is -2.32. The highest BCUT2D eigenvalue weighted by molar-refractivity contribution is 7.79. The molecule has 2 aromatic carbocycles. The van der Waals surface area contributed by atoms with Crippen LogP contribution >= 0.6 is 12.2 Å². The molecule has 2 nitrogen and oxygen atoms in total. The van der Waals surface area contributed by atoms with Crippen molar-refractivity contribution < 1.29 is 4.74 Å². The number of hydrogen-bond acceptors (Lipinski definition) is 3. The first-order valence-corrected chi connectivity index (χ1v) is 8.00. The molecule has 112 valence electrons. The maximum Gasteiger partial charge on any atom is 0.0642 e. The second kappa shape index (κ2) is 7.34. The van der Waals surface area contributed by atoms with Gasteiger partial charge >= 0.3 is 0 Å². The van der Waals surface area contributed by atoms with E-state index < -0.39 is 0 Å². The molecule has 0 aromatic heterocycles. The van der Waals surface area contributed by atoms with E-state index in [1.807, 2.05) is 12.1 Å². The van der Waals surface area contributed by atoms with Crippen LogP contribution in [0.5, 0.6) is 0 Å². The first-order valence-electron chi connectivity index (χ1n) is 7.53. The van der Waals surface area contributed by atoms with Crippen molar-refractivity contribution in [2.75, 3.05) is 26.3 Å². The maximum atomic E-state index is 5.50. The van der Waals surface area contributed by atoms with E-state index in [1.54, 1.807) is 5.37 Å². The second-order valence-corrected chi connectivity index (χ2v) is 5.45. The zero-order valence-electron chi connectivity index (χ0n) is 12.4. The van der Waals surface area contributed by atoms with Gasteiger partial charge in [-0.1, -0.05) is 72.9 Å². The quantitative estimate of drug-likeness (QED) is 0.483. The molecular formula is C19H19NOS. The number of morpholine rings is 1. The van der Waals surface area contributed by atoms with Crippen molar-refractivity contribution in [1.82, 2.24) is 4.90 Å².